The van der Waals surface area contributed by atoms with Crippen molar-refractivity contribution in [2.24, 2.45) is 4.99 Å². The van der Waals surface area contributed by atoms with E-state index in [4.69, 9.17) is 4.74 Å². The van der Waals surface area contributed by atoms with E-state index in [0.29, 0.717) is 21.9 Å². The zero-order valence-corrected chi connectivity index (χ0v) is 24.2. The summed E-state index contributed by atoms with van der Waals surface area (Å²) in [6, 6.07) is 33.1. The van der Waals surface area contributed by atoms with Gasteiger partial charge in [0.25, 0.3) is 5.69 Å². The maximum atomic E-state index is 13.3. The van der Waals surface area contributed by atoms with Crippen LogP contribution in [0.15, 0.2) is 126 Å². The second-order valence-corrected chi connectivity index (χ2v) is 10.6. The highest BCUT2D eigenvalue weighted by Crippen LogP contribution is 2.46. The number of phenols is 1. The molecular formula is C37H26N2O7. The van der Waals surface area contributed by atoms with Gasteiger partial charge < -0.3 is 14.9 Å². The number of nitro benzene ring substituents is 1. The Balaban J connectivity index is 1.49. The molecule has 0 radical (unpaired) electrons. The van der Waals surface area contributed by atoms with Gasteiger partial charge in [-0.3, -0.25) is 15.1 Å². The average Bonchev–Trinajstić information content (AvgIpc) is 3.07. The van der Waals surface area contributed by atoms with Crippen LogP contribution >= 0.6 is 0 Å². The third-order valence-electron chi connectivity index (χ3n) is 7.66. The number of carbonyl (C=O) groups excluding carboxylic acids is 1. The van der Waals surface area contributed by atoms with Crippen molar-refractivity contribution in [2.45, 2.75) is 12.5 Å². The number of benzene rings is 6. The van der Waals surface area contributed by atoms with E-state index < -0.39 is 22.9 Å². The molecule has 0 aliphatic heterocycles. The summed E-state index contributed by atoms with van der Waals surface area (Å²) >= 11 is 0. The van der Waals surface area contributed by atoms with Crippen molar-refractivity contribution in [1.29, 1.82) is 0 Å². The number of non-ortho nitro benzene ring substituents is 1. The lowest BCUT2D eigenvalue weighted by Crippen LogP contribution is -2.20. The summed E-state index contributed by atoms with van der Waals surface area (Å²) in [5.74, 6) is -1.85. The number of rotatable bonds is 9. The van der Waals surface area contributed by atoms with Gasteiger partial charge in [-0.25, -0.2) is 9.59 Å². The molecule has 6 rings (SSSR count). The van der Waals surface area contributed by atoms with E-state index in [9.17, 15) is 29.9 Å². The van der Waals surface area contributed by atoms with Crippen LogP contribution in [-0.2, 0) is 11.2 Å². The third kappa shape index (κ3) is 6.02. The number of carboxylic acid groups (broad SMARTS) is 1. The first kappa shape index (κ1) is 29.7. The van der Waals surface area contributed by atoms with Crippen LogP contribution < -0.4 is 4.74 Å². The predicted octanol–water partition coefficient (Wildman–Crippen LogP) is 7.61. The standard InChI is InChI=1S/C37H26N2O7/c40-35-27(22-38-31(36(41)42)20-23-8-2-1-3-9-23)21-26-11-5-7-13-30(26)34(35)33-29-12-6-4-10-24(29)16-19-32(33)46-37(43)25-14-17-28(18-15-25)39(44)45/h1-19,21-22,31,40H,20H2,(H,41,42)/t31-/m0/s1. The minimum Gasteiger partial charge on any atom is -0.507 e. The maximum Gasteiger partial charge on any atom is 0.343 e. The molecular weight excluding hydrogens is 584 g/mol. The van der Waals surface area contributed by atoms with Crippen LogP contribution in [0.5, 0.6) is 11.5 Å². The Labute approximate surface area is 262 Å². The number of phenolic OH excluding ortho intramolecular Hbond substituents is 1. The summed E-state index contributed by atoms with van der Waals surface area (Å²) in [7, 11) is 0. The number of fused-ring (bicyclic) bond motifs is 2. The first-order valence-corrected chi connectivity index (χ1v) is 14.3. The minimum absolute atomic E-state index is 0.109. The van der Waals surface area contributed by atoms with Gasteiger partial charge >= 0.3 is 11.9 Å². The molecule has 0 aliphatic rings. The summed E-state index contributed by atoms with van der Waals surface area (Å²) in [5, 5.41) is 35.8. The van der Waals surface area contributed by atoms with Gasteiger partial charge in [0.05, 0.1) is 10.5 Å². The largest absolute Gasteiger partial charge is 0.507 e. The lowest BCUT2D eigenvalue weighted by molar-refractivity contribution is -0.384. The molecule has 6 aromatic carbocycles. The number of nitrogens with zero attached hydrogens (tertiary/aromatic N) is 2. The zero-order chi connectivity index (χ0) is 32.2. The molecule has 0 aromatic heterocycles. The summed E-state index contributed by atoms with van der Waals surface area (Å²) in [4.78, 5) is 40.3. The number of carbonyl (C=O) groups is 2. The number of aliphatic carboxylic acids is 1. The molecule has 0 amide bonds. The van der Waals surface area contributed by atoms with E-state index in [1.165, 1.54) is 30.5 Å². The molecule has 46 heavy (non-hydrogen) atoms. The molecule has 1 atom stereocenters. The molecule has 0 fully saturated rings. The van der Waals surface area contributed by atoms with Crippen LogP contribution in [0.4, 0.5) is 5.69 Å². The molecule has 226 valence electrons. The SMILES string of the molecule is O=C(Oc1ccc2ccccc2c1-c1c(O)c(C=N[C@@H](Cc2ccccc2)C(=O)O)cc2ccccc12)c1ccc([N+](=O)[O-])cc1. The first-order chi connectivity index (χ1) is 22.3. The normalized spacial score (nSPS) is 11.9. The lowest BCUT2D eigenvalue weighted by Gasteiger charge is -2.18. The number of hydrogen-bond donors (Lipinski definition) is 2. The van der Waals surface area contributed by atoms with Crippen LogP contribution in [0.2, 0.25) is 0 Å². The molecule has 0 saturated heterocycles. The number of aromatic hydroxyl groups is 1. The fraction of sp³-hybridized carbons (Fsp3) is 0.0541. The van der Waals surface area contributed by atoms with Gasteiger partial charge in [0.2, 0.25) is 0 Å². The van der Waals surface area contributed by atoms with Gasteiger partial charge in [0, 0.05) is 41.5 Å². The summed E-state index contributed by atoms with van der Waals surface area (Å²) in [6.07, 6.45) is 1.53. The third-order valence-corrected chi connectivity index (χ3v) is 7.66. The Morgan fingerprint density at radius 2 is 1.43 bits per heavy atom. The van der Waals surface area contributed by atoms with Crippen LogP contribution in [0.3, 0.4) is 0 Å². The fourth-order valence-corrected chi connectivity index (χ4v) is 5.39. The van der Waals surface area contributed by atoms with Gasteiger partial charge in [-0.15, -0.1) is 0 Å². The zero-order valence-electron chi connectivity index (χ0n) is 24.2. The fourth-order valence-electron chi connectivity index (χ4n) is 5.39. The van der Waals surface area contributed by atoms with Crippen molar-refractivity contribution >= 4 is 45.4 Å². The van der Waals surface area contributed by atoms with Crippen LogP contribution in [0, 0.1) is 10.1 Å². The topological polar surface area (TPSA) is 139 Å². The van der Waals surface area contributed by atoms with E-state index in [-0.39, 0.29) is 34.7 Å². The van der Waals surface area contributed by atoms with Crippen molar-refractivity contribution in [3.05, 3.63) is 148 Å². The smallest absolute Gasteiger partial charge is 0.343 e. The van der Waals surface area contributed by atoms with E-state index in [1.54, 1.807) is 18.2 Å². The second-order valence-electron chi connectivity index (χ2n) is 10.6. The Kier molecular flexibility index (Phi) is 8.21. The molecule has 0 saturated carbocycles. The molecule has 0 heterocycles. The average molecular weight is 611 g/mol. The lowest BCUT2D eigenvalue weighted by atomic mass is 9.90. The Bertz CT molecular complexity index is 2140. The molecule has 2 N–H and O–H groups in total. The molecule has 9 heteroatoms. The summed E-state index contributed by atoms with van der Waals surface area (Å²) in [6.45, 7) is 0. The minimum atomic E-state index is -1.10. The number of esters is 1. The number of ether oxygens (including phenoxy) is 1. The van der Waals surface area contributed by atoms with Crippen LogP contribution in [0.1, 0.15) is 21.5 Å². The van der Waals surface area contributed by atoms with Crippen LogP contribution in [0.25, 0.3) is 32.7 Å². The highest BCUT2D eigenvalue weighted by atomic mass is 16.6. The van der Waals surface area contributed by atoms with Gasteiger partial charge in [-0.1, -0.05) is 84.9 Å². The van der Waals surface area contributed by atoms with Crippen molar-refractivity contribution in [3.8, 4) is 22.6 Å². The summed E-state index contributed by atoms with van der Waals surface area (Å²) in [5.41, 5.74) is 1.86. The molecule has 0 bridgehead atoms. The van der Waals surface area contributed by atoms with Crippen LogP contribution in [-0.4, -0.2) is 39.3 Å². The van der Waals surface area contributed by atoms with Crippen molar-refractivity contribution < 1.29 is 29.5 Å². The van der Waals surface area contributed by atoms with E-state index in [2.05, 4.69) is 4.99 Å². The monoisotopic (exact) mass is 610 g/mol. The van der Waals surface area contributed by atoms with E-state index in [0.717, 1.165) is 16.3 Å². The van der Waals surface area contributed by atoms with Crippen molar-refractivity contribution in [1.82, 2.24) is 0 Å². The number of carboxylic acids is 1. The molecule has 9 nitrogen and oxygen atoms in total. The molecule has 6 aromatic rings. The van der Waals surface area contributed by atoms with E-state index in [1.807, 2.05) is 78.9 Å². The summed E-state index contributed by atoms with van der Waals surface area (Å²) < 4.78 is 5.90. The Morgan fingerprint density at radius 3 is 2.11 bits per heavy atom. The highest BCUT2D eigenvalue weighted by molar-refractivity contribution is 6.13. The van der Waals surface area contributed by atoms with E-state index >= 15 is 0 Å². The van der Waals surface area contributed by atoms with Gasteiger partial charge in [-0.05, 0) is 51.4 Å². The predicted molar refractivity (Wildman–Crippen MR) is 176 cm³/mol. The molecule has 0 spiro atoms. The number of hydrogen-bond acceptors (Lipinski definition) is 7. The van der Waals surface area contributed by atoms with Crippen molar-refractivity contribution in [3.63, 3.8) is 0 Å². The Morgan fingerprint density at radius 1 is 0.804 bits per heavy atom. The quantitative estimate of drug-likeness (QED) is 0.0565. The Hall–Kier alpha value is -6.35. The van der Waals surface area contributed by atoms with Crippen molar-refractivity contribution in [2.75, 3.05) is 0 Å². The maximum absolute atomic E-state index is 13.3. The van der Waals surface area contributed by atoms with Gasteiger partial charge in [0.1, 0.15) is 11.5 Å². The number of aliphatic imine (C=N–C) groups is 1. The first-order valence-electron chi connectivity index (χ1n) is 14.3. The van der Waals surface area contributed by atoms with Gasteiger partial charge in [-0.2, -0.15) is 0 Å². The number of nitro groups is 1. The molecule has 0 aliphatic carbocycles. The highest BCUT2D eigenvalue weighted by Gasteiger charge is 2.23. The van der Waals surface area contributed by atoms with Gasteiger partial charge in [0.15, 0.2) is 6.04 Å². The molecule has 0 unspecified atom stereocenters. The second kappa shape index (κ2) is 12.7.